The van der Waals surface area contributed by atoms with E-state index < -0.39 is 0 Å². The molecule has 2 heteroatoms. The first-order valence-electron chi connectivity index (χ1n) is 5.27. The van der Waals surface area contributed by atoms with Crippen LogP contribution in [0.1, 0.15) is 32.6 Å². The number of hydrogen-bond donors (Lipinski definition) is 1. The summed E-state index contributed by atoms with van der Waals surface area (Å²) >= 11 is 0. The average molecular weight is 181 g/mol. The van der Waals surface area contributed by atoms with E-state index in [2.05, 4.69) is 18.8 Å². The summed E-state index contributed by atoms with van der Waals surface area (Å²) in [5, 5.41) is 3.51. The van der Waals surface area contributed by atoms with Crippen LogP contribution in [0.2, 0.25) is 0 Å². The van der Waals surface area contributed by atoms with Crippen LogP contribution in [0.15, 0.2) is 12.7 Å². The van der Waals surface area contributed by atoms with Gasteiger partial charge in [-0.25, -0.2) is 0 Å². The SMILES string of the molecule is C=CC(C)NC1COC2(CCC2)C1. The lowest BCUT2D eigenvalue weighted by Crippen LogP contribution is -2.39. The van der Waals surface area contributed by atoms with Crippen molar-refractivity contribution in [1.82, 2.24) is 5.32 Å². The van der Waals surface area contributed by atoms with Crippen molar-refractivity contribution in [2.75, 3.05) is 6.61 Å². The van der Waals surface area contributed by atoms with E-state index in [1.165, 1.54) is 25.7 Å². The Kier molecular flexibility index (Phi) is 2.43. The lowest BCUT2D eigenvalue weighted by Gasteiger charge is -2.37. The zero-order chi connectivity index (χ0) is 9.31. The van der Waals surface area contributed by atoms with Crippen LogP contribution in [0.5, 0.6) is 0 Å². The minimum absolute atomic E-state index is 0.276. The third kappa shape index (κ3) is 1.79. The molecule has 74 valence electrons. The van der Waals surface area contributed by atoms with Crippen molar-refractivity contribution in [1.29, 1.82) is 0 Å². The Labute approximate surface area is 80.4 Å². The zero-order valence-corrected chi connectivity index (χ0v) is 8.38. The second-order valence-electron chi connectivity index (χ2n) is 4.44. The van der Waals surface area contributed by atoms with Crippen LogP contribution in [-0.2, 0) is 4.74 Å². The minimum atomic E-state index is 0.276. The van der Waals surface area contributed by atoms with Gasteiger partial charge < -0.3 is 10.1 Å². The minimum Gasteiger partial charge on any atom is -0.373 e. The smallest absolute Gasteiger partial charge is 0.0699 e. The highest BCUT2D eigenvalue weighted by atomic mass is 16.5. The lowest BCUT2D eigenvalue weighted by atomic mass is 9.77. The van der Waals surface area contributed by atoms with E-state index in [4.69, 9.17) is 4.74 Å². The van der Waals surface area contributed by atoms with Crippen LogP contribution in [0, 0.1) is 0 Å². The van der Waals surface area contributed by atoms with Gasteiger partial charge in [0.25, 0.3) is 0 Å². The Morgan fingerprint density at radius 2 is 2.38 bits per heavy atom. The van der Waals surface area contributed by atoms with E-state index in [1.807, 2.05) is 6.08 Å². The predicted molar refractivity (Wildman–Crippen MR) is 53.7 cm³/mol. The molecular formula is C11H19NO. The lowest BCUT2D eigenvalue weighted by molar-refractivity contribution is -0.0563. The number of rotatable bonds is 3. The zero-order valence-electron chi connectivity index (χ0n) is 8.38. The van der Waals surface area contributed by atoms with Gasteiger partial charge in [-0.3, -0.25) is 0 Å². The molecule has 1 saturated heterocycles. The Morgan fingerprint density at radius 3 is 2.85 bits per heavy atom. The molecule has 1 spiro atoms. The van der Waals surface area contributed by atoms with Gasteiger partial charge in [0.05, 0.1) is 12.2 Å². The maximum atomic E-state index is 5.84. The molecular weight excluding hydrogens is 162 g/mol. The molecule has 1 saturated carbocycles. The van der Waals surface area contributed by atoms with E-state index in [0.717, 1.165) is 6.61 Å². The maximum Gasteiger partial charge on any atom is 0.0699 e. The third-order valence-corrected chi connectivity index (χ3v) is 3.33. The largest absolute Gasteiger partial charge is 0.373 e. The molecule has 2 atom stereocenters. The van der Waals surface area contributed by atoms with Gasteiger partial charge in [0, 0.05) is 12.1 Å². The molecule has 1 aliphatic carbocycles. The van der Waals surface area contributed by atoms with Crippen molar-refractivity contribution in [3.8, 4) is 0 Å². The van der Waals surface area contributed by atoms with Crippen molar-refractivity contribution < 1.29 is 4.74 Å². The van der Waals surface area contributed by atoms with Gasteiger partial charge in [-0.15, -0.1) is 6.58 Å². The summed E-state index contributed by atoms with van der Waals surface area (Å²) in [6.45, 7) is 6.79. The molecule has 0 bridgehead atoms. The van der Waals surface area contributed by atoms with Crippen LogP contribution in [0.25, 0.3) is 0 Å². The number of nitrogens with one attached hydrogen (secondary N) is 1. The summed E-state index contributed by atoms with van der Waals surface area (Å²) in [6, 6.07) is 0.956. The maximum absolute atomic E-state index is 5.84. The van der Waals surface area contributed by atoms with Crippen molar-refractivity contribution in [3.05, 3.63) is 12.7 Å². The third-order valence-electron chi connectivity index (χ3n) is 3.33. The highest BCUT2D eigenvalue weighted by Crippen LogP contribution is 2.43. The van der Waals surface area contributed by atoms with Gasteiger partial charge >= 0.3 is 0 Å². The van der Waals surface area contributed by atoms with Crippen molar-refractivity contribution in [3.63, 3.8) is 0 Å². The van der Waals surface area contributed by atoms with Crippen molar-refractivity contribution in [2.24, 2.45) is 0 Å². The Hall–Kier alpha value is -0.340. The monoisotopic (exact) mass is 181 g/mol. The summed E-state index contributed by atoms with van der Waals surface area (Å²) in [7, 11) is 0. The summed E-state index contributed by atoms with van der Waals surface area (Å²) in [5.41, 5.74) is 0.276. The molecule has 1 N–H and O–H groups in total. The first kappa shape index (κ1) is 9.22. The fourth-order valence-electron chi connectivity index (χ4n) is 2.31. The summed E-state index contributed by atoms with van der Waals surface area (Å²) in [4.78, 5) is 0. The van der Waals surface area contributed by atoms with E-state index in [9.17, 15) is 0 Å². The number of hydrogen-bond acceptors (Lipinski definition) is 2. The standard InChI is InChI=1S/C11H19NO/c1-3-9(2)12-10-7-11(13-8-10)5-4-6-11/h3,9-10,12H,1,4-8H2,2H3. The molecule has 2 fully saturated rings. The normalized spacial score (nSPS) is 32.8. The van der Waals surface area contributed by atoms with Gasteiger partial charge in [-0.2, -0.15) is 0 Å². The molecule has 2 unspecified atom stereocenters. The fraction of sp³-hybridized carbons (Fsp3) is 0.818. The van der Waals surface area contributed by atoms with E-state index in [-0.39, 0.29) is 5.60 Å². The van der Waals surface area contributed by atoms with Crippen molar-refractivity contribution in [2.45, 2.75) is 50.3 Å². The molecule has 0 aromatic heterocycles. The molecule has 0 radical (unpaired) electrons. The molecule has 2 nitrogen and oxygen atoms in total. The summed E-state index contributed by atoms with van der Waals surface area (Å²) in [5.74, 6) is 0. The average Bonchev–Trinajstić information content (AvgIpc) is 2.48. The van der Waals surface area contributed by atoms with Gasteiger partial charge in [-0.05, 0) is 32.6 Å². The van der Waals surface area contributed by atoms with E-state index in [0.29, 0.717) is 12.1 Å². The van der Waals surface area contributed by atoms with Gasteiger partial charge in [0.1, 0.15) is 0 Å². The highest BCUT2D eigenvalue weighted by Gasteiger charge is 2.44. The van der Waals surface area contributed by atoms with E-state index in [1.54, 1.807) is 0 Å². The topological polar surface area (TPSA) is 21.3 Å². The number of ether oxygens (including phenoxy) is 1. The molecule has 0 aromatic rings. The van der Waals surface area contributed by atoms with Crippen LogP contribution < -0.4 is 5.32 Å². The van der Waals surface area contributed by atoms with Crippen molar-refractivity contribution >= 4 is 0 Å². The molecule has 13 heavy (non-hydrogen) atoms. The van der Waals surface area contributed by atoms with Gasteiger partial charge in [-0.1, -0.05) is 6.08 Å². The van der Waals surface area contributed by atoms with Crippen LogP contribution >= 0.6 is 0 Å². The Bertz CT molecular complexity index is 198. The van der Waals surface area contributed by atoms with Crippen LogP contribution in [0.4, 0.5) is 0 Å². The molecule has 1 aliphatic heterocycles. The van der Waals surface area contributed by atoms with Crippen LogP contribution in [0.3, 0.4) is 0 Å². The Balaban J connectivity index is 1.81. The quantitative estimate of drug-likeness (QED) is 0.671. The first-order chi connectivity index (χ1) is 6.24. The second-order valence-corrected chi connectivity index (χ2v) is 4.44. The fourth-order valence-corrected chi connectivity index (χ4v) is 2.31. The predicted octanol–water partition coefficient (Wildman–Crippen LogP) is 1.86. The molecule has 2 aliphatic rings. The summed E-state index contributed by atoms with van der Waals surface area (Å²) in [6.07, 6.45) is 7.04. The molecule has 0 amide bonds. The van der Waals surface area contributed by atoms with Gasteiger partial charge in [0.15, 0.2) is 0 Å². The Morgan fingerprint density at radius 1 is 1.62 bits per heavy atom. The summed E-state index contributed by atoms with van der Waals surface area (Å²) < 4.78 is 5.84. The highest BCUT2D eigenvalue weighted by molar-refractivity contribution is 4.99. The van der Waals surface area contributed by atoms with E-state index >= 15 is 0 Å². The van der Waals surface area contributed by atoms with Crippen LogP contribution in [-0.4, -0.2) is 24.3 Å². The second kappa shape index (κ2) is 3.43. The first-order valence-corrected chi connectivity index (χ1v) is 5.27. The molecule has 2 rings (SSSR count). The van der Waals surface area contributed by atoms with Gasteiger partial charge in [0.2, 0.25) is 0 Å². The molecule has 1 heterocycles. The molecule has 0 aromatic carbocycles.